The second kappa shape index (κ2) is 8.26. The summed E-state index contributed by atoms with van der Waals surface area (Å²) in [6.07, 6.45) is 5.54. The van der Waals surface area contributed by atoms with E-state index in [1.165, 1.54) is 11.8 Å². The van der Waals surface area contributed by atoms with Crippen LogP contribution in [0.3, 0.4) is 0 Å². The number of nitrogens with one attached hydrogen (secondary N) is 2. The summed E-state index contributed by atoms with van der Waals surface area (Å²) in [5.41, 5.74) is 3.16. The van der Waals surface area contributed by atoms with E-state index in [1.807, 2.05) is 60.7 Å². The molecule has 0 fully saturated rings. The fourth-order valence-corrected chi connectivity index (χ4v) is 2.91. The molecule has 0 aliphatic heterocycles. The standard InChI is InChI=1S/C22H19N5O/c28-22(24-13-11-16-6-2-1-3-7-16)19-14-26-20(15-25-19)27-18-10-4-8-17-9-5-12-23-21(17)18/h1-10,12,14-15H,11,13H2,(H,24,28)(H,26,27). The van der Waals surface area contributed by atoms with Gasteiger partial charge in [0.1, 0.15) is 11.5 Å². The Morgan fingerprint density at radius 1 is 0.857 bits per heavy atom. The smallest absolute Gasteiger partial charge is 0.271 e. The van der Waals surface area contributed by atoms with Crippen LogP contribution >= 0.6 is 0 Å². The quantitative estimate of drug-likeness (QED) is 0.541. The van der Waals surface area contributed by atoms with Gasteiger partial charge in [-0.3, -0.25) is 9.78 Å². The van der Waals surface area contributed by atoms with Gasteiger partial charge in [0.15, 0.2) is 0 Å². The number of carbonyl (C=O) groups excluding carboxylic acids is 1. The van der Waals surface area contributed by atoms with E-state index in [1.54, 1.807) is 12.4 Å². The molecule has 138 valence electrons. The lowest BCUT2D eigenvalue weighted by atomic mass is 10.1. The molecule has 0 aliphatic rings. The molecule has 0 spiro atoms. The second-order valence-corrected chi connectivity index (χ2v) is 6.28. The molecule has 0 radical (unpaired) electrons. The first kappa shape index (κ1) is 17.6. The van der Waals surface area contributed by atoms with Gasteiger partial charge < -0.3 is 10.6 Å². The maximum Gasteiger partial charge on any atom is 0.271 e. The van der Waals surface area contributed by atoms with Gasteiger partial charge in [-0.1, -0.05) is 48.5 Å². The van der Waals surface area contributed by atoms with E-state index >= 15 is 0 Å². The number of benzene rings is 2. The van der Waals surface area contributed by atoms with E-state index in [0.717, 1.165) is 23.0 Å². The Kier molecular flexibility index (Phi) is 5.20. The molecule has 6 nitrogen and oxygen atoms in total. The summed E-state index contributed by atoms with van der Waals surface area (Å²) in [4.78, 5) is 25.2. The van der Waals surface area contributed by atoms with Crippen LogP contribution in [-0.4, -0.2) is 27.4 Å². The average Bonchev–Trinajstić information content (AvgIpc) is 2.75. The summed E-state index contributed by atoms with van der Waals surface area (Å²) in [6.45, 7) is 0.548. The number of aromatic nitrogens is 3. The van der Waals surface area contributed by atoms with Crippen molar-refractivity contribution in [1.29, 1.82) is 0 Å². The van der Waals surface area contributed by atoms with Crippen molar-refractivity contribution in [2.45, 2.75) is 6.42 Å². The van der Waals surface area contributed by atoms with E-state index in [4.69, 9.17) is 0 Å². The van der Waals surface area contributed by atoms with Crippen molar-refractivity contribution in [1.82, 2.24) is 20.3 Å². The number of anilines is 2. The van der Waals surface area contributed by atoms with Crippen molar-refractivity contribution in [2.75, 3.05) is 11.9 Å². The van der Waals surface area contributed by atoms with Gasteiger partial charge in [-0.05, 0) is 24.1 Å². The highest BCUT2D eigenvalue weighted by molar-refractivity contribution is 5.93. The highest BCUT2D eigenvalue weighted by atomic mass is 16.1. The second-order valence-electron chi connectivity index (χ2n) is 6.28. The predicted molar refractivity (Wildman–Crippen MR) is 110 cm³/mol. The molecule has 2 aromatic carbocycles. The van der Waals surface area contributed by atoms with Gasteiger partial charge >= 0.3 is 0 Å². The number of fused-ring (bicyclic) bond motifs is 1. The Balaban J connectivity index is 1.38. The van der Waals surface area contributed by atoms with Crippen molar-refractivity contribution in [3.05, 3.63) is 90.5 Å². The van der Waals surface area contributed by atoms with Crippen molar-refractivity contribution in [3.8, 4) is 0 Å². The minimum atomic E-state index is -0.234. The number of para-hydroxylation sites is 1. The molecule has 4 aromatic rings. The summed E-state index contributed by atoms with van der Waals surface area (Å²) < 4.78 is 0. The van der Waals surface area contributed by atoms with Crippen molar-refractivity contribution in [2.24, 2.45) is 0 Å². The third-order valence-electron chi connectivity index (χ3n) is 4.32. The first-order chi connectivity index (χ1) is 13.8. The van der Waals surface area contributed by atoms with Gasteiger partial charge in [0.25, 0.3) is 5.91 Å². The average molecular weight is 369 g/mol. The molecule has 6 heteroatoms. The van der Waals surface area contributed by atoms with Crippen LogP contribution in [0, 0.1) is 0 Å². The Morgan fingerprint density at radius 2 is 1.71 bits per heavy atom. The Labute approximate surface area is 162 Å². The zero-order valence-electron chi connectivity index (χ0n) is 15.2. The number of rotatable bonds is 6. The monoisotopic (exact) mass is 369 g/mol. The van der Waals surface area contributed by atoms with Crippen molar-refractivity contribution in [3.63, 3.8) is 0 Å². The van der Waals surface area contributed by atoms with E-state index in [2.05, 4.69) is 25.6 Å². The van der Waals surface area contributed by atoms with Gasteiger partial charge in [-0.25, -0.2) is 9.97 Å². The normalized spacial score (nSPS) is 10.6. The molecule has 2 N–H and O–H groups in total. The van der Waals surface area contributed by atoms with Gasteiger partial charge in [0.2, 0.25) is 0 Å². The molecule has 2 heterocycles. The molecule has 0 atom stereocenters. The molecule has 0 saturated carbocycles. The van der Waals surface area contributed by atoms with Crippen LogP contribution in [0.15, 0.2) is 79.3 Å². The number of pyridine rings is 1. The fourth-order valence-electron chi connectivity index (χ4n) is 2.91. The lowest BCUT2D eigenvalue weighted by Crippen LogP contribution is -2.26. The summed E-state index contributed by atoms with van der Waals surface area (Å²) in [7, 11) is 0. The third-order valence-corrected chi connectivity index (χ3v) is 4.32. The van der Waals surface area contributed by atoms with Crippen molar-refractivity contribution < 1.29 is 4.79 Å². The van der Waals surface area contributed by atoms with Crippen LogP contribution in [0.25, 0.3) is 10.9 Å². The first-order valence-electron chi connectivity index (χ1n) is 9.04. The zero-order valence-corrected chi connectivity index (χ0v) is 15.2. The highest BCUT2D eigenvalue weighted by Crippen LogP contribution is 2.23. The van der Waals surface area contributed by atoms with Crippen LogP contribution in [0.5, 0.6) is 0 Å². The maximum atomic E-state index is 12.2. The summed E-state index contributed by atoms with van der Waals surface area (Å²) >= 11 is 0. The van der Waals surface area contributed by atoms with Gasteiger partial charge in [0.05, 0.1) is 23.6 Å². The molecular weight excluding hydrogens is 350 g/mol. The van der Waals surface area contributed by atoms with E-state index < -0.39 is 0 Å². The molecule has 0 unspecified atom stereocenters. The maximum absolute atomic E-state index is 12.2. The topological polar surface area (TPSA) is 79.8 Å². The number of hydrogen-bond donors (Lipinski definition) is 2. The molecule has 4 rings (SSSR count). The van der Waals surface area contributed by atoms with Crippen molar-refractivity contribution >= 4 is 28.3 Å². The predicted octanol–water partition coefficient (Wildman–Crippen LogP) is 3.74. The van der Waals surface area contributed by atoms with Gasteiger partial charge in [-0.15, -0.1) is 0 Å². The van der Waals surface area contributed by atoms with Gasteiger partial charge in [-0.2, -0.15) is 0 Å². The lowest BCUT2D eigenvalue weighted by molar-refractivity contribution is 0.0949. The number of hydrogen-bond acceptors (Lipinski definition) is 5. The molecule has 0 aliphatic carbocycles. The number of carbonyl (C=O) groups is 1. The number of nitrogens with zero attached hydrogens (tertiary/aromatic N) is 3. The largest absolute Gasteiger partial charge is 0.350 e. The minimum Gasteiger partial charge on any atom is -0.350 e. The van der Waals surface area contributed by atoms with Crippen LogP contribution in [0.4, 0.5) is 11.5 Å². The first-order valence-corrected chi connectivity index (χ1v) is 9.04. The van der Waals surface area contributed by atoms with Crippen LogP contribution in [0.2, 0.25) is 0 Å². The molecule has 1 amide bonds. The highest BCUT2D eigenvalue weighted by Gasteiger charge is 2.08. The SMILES string of the molecule is O=C(NCCc1ccccc1)c1cnc(Nc2cccc3cccnc23)cn1. The number of amides is 1. The molecule has 2 aromatic heterocycles. The summed E-state index contributed by atoms with van der Waals surface area (Å²) in [5.74, 6) is 0.320. The lowest BCUT2D eigenvalue weighted by Gasteiger charge is -2.09. The third kappa shape index (κ3) is 4.12. The van der Waals surface area contributed by atoms with Crippen LogP contribution in [-0.2, 0) is 6.42 Å². The van der Waals surface area contributed by atoms with E-state index in [9.17, 15) is 4.79 Å². The summed E-state index contributed by atoms with van der Waals surface area (Å²) in [5, 5.41) is 7.12. The fraction of sp³-hybridized carbons (Fsp3) is 0.0909. The van der Waals surface area contributed by atoms with E-state index in [0.29, 0.717) is 12.4 Å². The summed E-state index contributed by atoms with van der Waals surface area (Å²) in [6, 6.07) is 19.8. The molecule has 0 saturated heterocycles. The van der Waals surface area contributed by atoms with Crippen LogP contribution < -0.4 is 10.6 Å². The minimum absolute atomic E-state index is 0.234. The Bertz CT molecular complexity index is 1080. The molecule has 28 heavy (non-hydrogen) atoms. The zero-order chi connectivity index (χ0) is 19.2. The molecule has 0 bridgehead atoms. The van der Waals surface area contributed by atoms with Crippen LogP contribution in [0.1, 0.15) is 16.1 Å². The van der Waals surface area contributed by atoms with Gasteiger partial charge in [0, 0.05) is 18.1 Å². The Hall–Kier alpha value is -3.80. The van der Waals surface area contributed by atoms with E-state index in [-0.39, 0.29) is 11.6 Å². The Morgan fingerprint density at radius 3 is 2.54 bits per heavy atom. The molecular formula is C22H19N5O.